The first-order chi connectivity index (χ1) is 6.34. The molecule has 0 saturated heterocycles. The Balaban J connectivity index is 2.22. The molecule has 0 N–H and O–H groups in total. The number of hydrogen-bond donors (Lipinski definition) is 0. The Labute approximate surface area is 77.4 Å². The number of hydrogen-bond acceptors (Lipinski definition) is 3. The summed E-state index contributed by atoms with van der Waals surface area (Å²) in [5.41, 5.74) is 0. The van der Waals surface area contributed by atoms with Crippen molar-refractivity contribution in [1.29, 1.82) is 0 Å². The fourth-order valence-corrected chi connectivity index (χ4v) is 0.992. The van der Waals surface area contributed by atoms with Crippen LogP contribution in [0.5, 0.6) is 0 Å². The molecule has 0 aromatic rings. The van der Waals surface area contributed by atoms with Crippen LogP contribution in [0.2, 0.25) is 0 Å². The van der Waals surface area contributed by atoms with Crippen LogP contribution in [-0.2, 0) is 9.78 Å². The lowest BCUT2D eigenvalue weighted by Crippen LogP contribution is -2.34. The van der Waals surface area contributed by atoms with Crippen LogP contribution in [0.1, 0.15) is 6.42 Å². The minimum absolute atomic E-state index is 0.218. The van der Waals surface area contributed by atoms with Gasteiger partial charge in [0.15, 0.2) is 0 Å². The maximum atomic E-state index is 11.2. The van der Waals surface area contributed by atoms with Crippen LogP contribution in [0.4, 0.5) is 4.79 Å². The molecule has 1 rings (SSSR count). The van der Waals surface area contributed by atoms with Crippen LogP contribution in [0.25, 0.3) is 0 Å². The Kier molecular flexibility index (Phi) is 4.05. The summed E-state index contributed by atoms with van der Waals surface area (Å²) in [6.07, 6.45) is 5.92. The van der Waals surface area contributed by atoms with Gasteiger partial charge in [-0.3, -0.25) is 4.89 Å². The van der Waals surface area contributed by atoms with E-state index in [9.17, 15) is 4.79 Å². The summed E-state index contributed by atoms with van der Waals surface area (Å²) < 4.78 is 0. The second-order valence-electron chi connectivity index (χ2n) is 2.63. The minimum atomic E-state index is -0.439. The first-order valence-electron chi connectivity index (χ1n) is 4.19. The molecule has 72 valence electrons. The number of carbonyl (C=O) groups is 1. The van der Waals surface area contributed by atoms with Crippen molar-refractivity contribution in [3.05, 3.63) is 24.8 Å². The zero-order valence-electron chi connectivity index (χ0n) is 7.44. The molecular weight excluding hydrogens is 170 g/mol. The zero-order valence-corrected chi connectivity index (χ0v) is 7.44. The molecule has 4 nitrogen and oxygen atoms in total. The number of amides is 1. The van der Waals surface area contributed by atoms with E-state index in [0.717, 1.165) is 6.42 Å². The van der Waals surface area contributed by atoms with Crippen LogP contribution in [0, 0.1) is 0 Å². The lowest BCUT2D eigenvalue weighted by molar-refractivity contribution is -0.236. The molecule has 0 aromatic carbocycles. The van der Waals surface area contributed by atoms with E-state index < -0.39 is 6.09 Å². The minimum Gasteiger partial charge on any atom is -0.302 e. The number of rotatable bonds is 3. The van der Waals surface area contributed by atoms with Gasteiger partial charge >= 0.3 is 6.09 Å². The van der Waals surface area contributed by atoms with E-state index in [1.165, 1.54) is 6.08 Å². The molecule has 0 aliphatic carbocycles. The van der Waals surface area contributed by atoms with Crippen molar-refractivity contribution in [2.75, 3.05) is 19.7 Å². The molecule has 0 fully saturated rings. The molecule has 1 amide bonds. The molecule has 0 unspecified atom stereocenters. The second-order valence-corrected chi connectivity index (χ2v) is 2.63. The van der Waals surface area contributed by atoms with Gasteiger partial charge in [-0.2, -0.15) is 4.89 Å². The van der Waals surface area contributed by atoms with Gasteiger partial charge in [0, 0.05) is 13.1 Å². The summed E-state index contributed by atoms with van der Waals surface area (Å²) in [7, 11) is 0. The molecule has 0 spiro atoms. The topological polar surface area (TPSA) is 38.8 Å². The summed E-state index contributed by atoms with van der Waals surface area (Å²) >= 11 is 0. The van der Waals surface area contributed by atoms with Crippen molar-refractivity contribution in [3.63, 3.8) is 0 Å². The highest BCUT2D eigenvalue weighted by molar-refractivity contribution is 5.67. The van der Waals surface area contributed by atoms with Crippen LogP contribution < -0.4 is 0 Å². The van der Waals surface area contributed by atoms with E-state index in [-0.39, 0.29) is 6.61 Å². The maximum absolute atomic E-state index is 11.2. The predicted octanol–water partition coefficient (Wildman–Crippen LogP) is 1.50. The standard InChI is InChI=1S/C9H13NO3/c1-2-8-12-13-9(11)10-6-4-3-5-7-10/h2-4H,1,5-8H2. The molecule has 0 bridgehead atoms. The van der Waals surface area contributed by atoms with Gasteiger partial charge in [-0.1, -0.05) is 18.2 Å². The van der Waals surface area contributed by atoms with Gasteiger partial charge in [0.05, 0.1) is 0 Å². The lowest BCUT2D eigenvalue weighted by Gasteiger charge is -2.21. The van der Waals surface area contributed by atoms with Gasteiger partial charge in [-0.05, 0) is 6.42 Å². The van der Waals surface area contributed by atoms with E-state index in [4.69, 9.17) is 0 Å². The van der Waals surface area contributed by atoms with Gasteiger partial charge in [0.1, 0.15) is 6.61 Å². The van der Waals surface area contributed by atoms with E-state index >= 15 is 0 Å². The molecule has 0 saturated carbocycles. The van der Waals surface area contributed by atoms with Gasteiger partial charge in [0.25, 0.3) is 0 Å². The highest BCUT2D eigenvalue weighted by Crippen LogP contribution is 2.03. The first-order valence-corrected chi connectivity index (χ1v) is 4.19. The van der Waals surface area contributed by atoms with Gasteiger partial charge in [-0.15, -0.1) is 6.58 Å². The molecule has 4 heteroatoms. The molecule has 1 aliphatic heterocycles. The highest BCUT2D eigenvalue weighted by atomic mass is 17.2. The normalized spacial score (nSPS) is 15.5. The average molecular weight is 183 g/mol. The van der Waals surface area contributed by atoms with E-state index in [1.807, 2.05) is 12.2 Å². The van der Waals surface area contributed by atoms with Crippen molar-refractivity contribution < 1.29 is 14.6 Å². The lowest BCUT2D eigenvalue weighted by atomic mass is 10.3. The molecule has 0 radical (unpaired) electrons. The van der Waals surface area contributed by atoms with Crippen LogP contribution in [-0.4, -0.2) is 30.7 Å². The summed E-state index contributed by atoms with van der Waals surface area (Å²) in [5.74, 6) is 0. The van der Waals surface area contributed by atoms with Crippen molar-refractivity contribution in [2.24, 2.45) is 0 Å². The average Bonchev–Trinajstić information content (AvgIpc) is 2.19. The van der Waals surface area contributed by atoms with Gasteiger partial charge in [0.2, 0.25) is 0 Å². The van der Waals surface area contributed by atoms with Gasteiger partial charge in [-0.25, -0.2) is 4.79 Å². The fraction of sp³-hybridized carbons (Fsp3) is 0.444. The van der Waals surface area contributed by atoms with E-state index in [2.05, 4.69) is 16.4 Å². The first kappa shape index (κ1) is 9.80. The Morgan fingerprint density at radius 1 is 1.62 bits per heavy atom. The number of carbonyl (C=O) groups excluding carboxylic acids is 1. The Morgan fingerprint density at radius 3 is 3.08 bits per heavy atom. The predicted molar refractivity (Wildman–Crippen MR) is 48.0 cm³/mol. The third-order valence-corrected chi connectivity index (χ3v) is 1.63. The molecule has 0 atom stereocenters. The Hall–Kier alpha value is -1.29. The zero-order chi connectivity index (χ0) is 9.52. The van der Waals surface area contributed by atoms with Crippen molar-refractivity contribution in [1.82, 2.24) is 4.90 Å². The van der Waals surface area contributed by atoms with Crippen LogP contribution in [0.3, 0.4) is 0 Å². The summed E-state index contributed by atoms with van der Waals surface area (Å²) in [6.45, 7) is 4.93. The van der Waals surface area contributed by atoms with E-state index in [0.29, 0.717) is 13.1 Å². The van der Waals surface area contributed by atoms with Crippen LogP contribution >= 0.6 is 0 Å². The molecular formula is C9H13NO3. The quantitative estimate of drug-likeness (QED) is 0.288. The van der Waals surface area contributed by atoms with Crippen LogP contribution in [0.15, 0.2) is 24.8 Å². The molecule has 13 heavy (non-hydrogen) atoms. The molecule has 1 heterocycles. The molecule has 1 aliphatic rings. The van der Waals surface area contributed by atoms with Crippen molar-refractivity contribution in [3.8, 4) is 0 Å². The van der Waals surface area contributed by atoms with E-state index in [1.54, 1.807) is 4.90 Å². The third-order valence-electron chi connectivity index (χ3n) is 1.63. The fourth-order valence-electron chi connectivity index (χ4n) is 0.992. The van der Waals surface area contributed by atoms with Crippen molar-refractivity contribution >= 4 is 6.09 Å². The monoisotopic (exact) mass is 183 g/mol. The smallest absolute Gasteiger partial charge is 0.302 e. The Morgan fingerprint density at radius 2 is 2.46 bits per heavy atom. The summed E-state index contributed by atoms with van der Waals surface area (Å²) in [4.78, 5) is 21.8. The summed E-state index contributed by atoms with van der Waals surface area (Å²) in [6, 6.07) is 0. The largest absolute Gasteiger partial charge is 0.441 e. The number of nitrogens with zero attached hydrogens (tertiary/aromatic N) is 1. The highest BCUT2D eigenvalue weighted by Gasteiger charge is 2.15. The molecule has 0 aromatic heterocycles. The third kappa shape index (κ3) is 3.29. The SMILES string of the molecule is C=CCOOC(=O)N1CC=CCC1. The van der Waals surface area contributed by atoms with Gasteiger partial charge < -0.3 is 4.90 Å². The Bertz CT molecular complexity index is 213. The maximum Gasteiger partial charge on any atom is 0.441 e. The van der Waals surface area contributed by atoms with Crippen molar-refractivity contribution in [2.45, 2.75) is 6.42 Å². The summed E-state index contributed by atoms with van der Waals surface area (Å²) in [5, 5.41) is 0. The second kappa shape index (κ2) is 5.37.